The number of anilines is 1. The number of nitriles is 1. The average molecular weight is 473 g/mol. The highest BCUT2D eigenvalue weighted by atomic mass is 32.2. The molecule has 0 aromatic heterocycles. The van der Waals surface area contributed by atoms with Crippen LogP contribution >= 0.6 is 0 Å². The van der Waals surface area contributed by atoms with Crippen molar-refractivity contribution < 1.29 is 13.2 Å². The van der Waals surface area contributed by atoms with Gasteiger partial charge in [0.25, 0.3) is 0 Å². The Hall–Kier alpha value is -2.19. The highest BCUT2D eigenvalue weighted by Crippen LogP contribution is 2.41. The molecule has 1 aliphatic carbocycles. The lowest BCUT2D eigenvalue weighted by atomic mass is 9.90. The monoisotopic (exact) mass is 472 g/mol. The largest absolute Gasteiger partial charge is 0.368 e. The molecule has 1 amide bonds. The minimum absolute atomic E-state index is 0.00692. The standard InChI is InChI=1S/C23H32N6O3S/c1-15-3-2-14-28(15)33(31,32)18-8-6-17(7-9-18)26-22-21-20(11-13-25-23(21)30)29(27-22)19(10-12-24)16-4-5-16/h6-9,15-16,19-22,26-27H,2-5,10-11,13-14H2,1H3,(H,25,30)/t15?,19-,20?,21?,22?/m0/s1. The number of piperidine rings is 1. The predicted octanol–water partition coefficient (Wildman–Crippen LogP) is 1.61. The van der Waals surface area contributed by atoms with E-state index >= 15 is 0 Å². The quantitative estimate of drug-likeness (QED) is 0.552. The number of fused-ring (bicyclic) bond motifs is 1. The third-order valence-corrected chi connectivity index (χ3v) is 9.59. The Morgan fingerprint density at radius 1 is 1.21 bits per heavy atom. The first-order valence-corrected chi connectivity index (χ1v) is 13.4. The molecule has 178 valence electrons. The molecule has 4 aliphatic rings. The van der Waals surface area contributed by atoms with Crippen LogP contribution in [0.1, 0.15) is 45.4 Å². The predicted molar refractivity (Wildman–Crippen MR) is 123 cm³/mol. The first-order valence-electron chi connectivity index (χ1n) is 12.0. The van der Waals surface area contributed by atoms with Gasteiger partial charge in [0.05, 0.1) is 23.3 Å². The molecule has 1 aromatic rings. The number of hydrogen-bond acceptors (Lipinski definition) is 7. The van der Waals surface area contributed by atoms with Gasteiger partial charge in [-0.1, -0.05) is 0 Å². The topological polar surface area (TPSA) is 118 Å². The van der Waals surface area contributed by atoms with Crippen molar-refractivity contribution in [2.24, 2.45) is 11.8 Å². The van der Waals surface area contributed by atoms with Crippen LogP contribution in [-0.4, -0.2) is 61.0 Å². The number of benzene rings is 1. The maximum absolute atomic E-state index is 13.0. The van der Waals surface area contributed by atoms with E-state index in [1.807, 2.05) is 6.92 Å². The molecular weight excluding hydrogens is 440 g/mol. The summed E-state index contributed by atoms with van der Waals surface area (Å²) in [4.78, 5) is 13.1. The summed E-state index contributed by atoms with van der Waals surface area (Å²) in [6.45, 7) is 3.15. The second-order valence-electron chi connectivity index (χ2n) is 9.73. The second kappa shape index (κ2) is 8.87. The molecule has 0 spiro atoms. The van der Waals surface area contributed by atoms with Crippen molar-refractivity contribution in [1.82, 2.24) is 20.1 Å². The molecule has 33 heavy (non-hydrogen) atoms. The van der Waals surface area contributed by atoms with Gasteiger partial charge in [-0.05, 0) is 69.2 Å². The van der Waals surface area contributed by atoms with Crippen LogP contribution in [0, 0.1) is 23.2 Å². The van der Waals surface area contributed by atoms with Crippen LogP contribution in [0.2, 0.25) is 0 Å². The van der Waals surface area contributed by atoms with Gasteiger partial charge in [-0.25, -0.2) is 18.9 Å². The van der Waals surface area contributed by atoms with Gasteiger partial charge in [0.1, 0.15) is 6.17 Å². The summed E-state index contributed by atoms with van der Waals surface area (Å²) in [5, 5.41) is 17.9. The van der Waals surface area contributed by atoms with Gasteiger partial charge < -0.3 is 10.6 Å². The van der Waals surface area contributed by atoms with Gasteiger partial charge in [-0.3, -0.25) is 4.79 Å². The Morgan fingerprint density at radius 2 is 1.97 bits per heavy atom. The molecule has 10 heteroatoms. The highest BCUT2D eigenvalue weighted by molar-refractivity contribution is 7.89. The number of carbonyl (C=O) groups excluding carboxylic acids is 1. The number of sulfonamides is 1. The van der Waals surface area contributed by atoms with Crippen LogP contribution in [0.3, 0.4) is 0 Å². The van der Waals surface area contributed by atoms with Crippen LogP contribution < -0.4 is 16.1 Å². The fraction of sp³-hybridized carbons (Fsp3) is 0.652. The normalized spacial score (nSPS) is 31.6. The van der Waals surface area contributed by atoms with Crippen molar-refractivity contribution in [2.75, 3.05) is 18.4 Å². The zero-order chi connectivity index (χ0) is 23.2. The zero-order valence-electron chi connectivity index (χ0n) is 18.9. The van der Waals surface area contributed by atoms with Crippen LogP contribution in [-0.2, 0) is 14.8 Å². The van der Waals surface area contributed by atoms with E-state index in [2.05, 4.69) is 27.1 Å². The molecule has 0 radical (unpaired) electrons. The molecule has 0 bridgehead atoms. The second-order valence-corrected chi connectivity index (χ2v) is 11.6. The number of carbonyl (C=O) groups is 1. The first kappa shape index (κ1) is 22.6. The molecule has 3 aliphatic heterocycles. The van der Waals surface area contributed by atoms with Crippen LogP contribution in [0.25, 0.3) is 0 Å². The van der Waals surface area contributed by atoms with Gasteiger partial charge in [-0.15, -0.1) is 0 Å². The molecule has 9 nitrogen and oxygen atoms in total. The molecule has 3 saturated heterocycles. The summed E-state index contributed by atoms with van der Waals surface area (Å²) in [7, 11) is -3.50. The maximum Gasteiger partial charge on any atom is 0.243 e. The number of rotatable bonds is 7. The van der Waals surface area contributed by atoms with E-state index < -0.39 is 10.0 Å². The number of nitrogens with one attached hydrogen (secondary N) is 3. The minimum Gasteiger partial charge on any atom is -0.368 e. The molecule has 1 saturated carbocycles. The molecular formula is C23H32N6O3S. The Morgan fingerprint density at radius 3 is 2.61 bits per heavy atom. The summed E-state index contributed by atoms with van der Waals surface area (Å²) in [6.07, 6.45) is 4.98. The summed E-state index contributed by atoms with van der Waals surface area (Å²) < 4.78 is 27.6. The molecule has 5 rings (SSSR count). The Bertz CT molecular complexity index is 1040. The minimum atomic E-state index is -3.50. The third kappa shape index (κ3) is 4.23. The molecule has 3 N–H and O–H groups in total. The lowest BCUT2D eigenvalue weighted by Crippen LogP contribution is -2.52. The van der Waals surface area contributed by atoms with E-state index in [0.29, 0.717) is 30.3 Å². The van der Waals surface area contributed by atoms with Gasteiger partial charge in [0.2, 0.25) is 15.9 Å². The van der Waals surface area contributed by atoms with Crippen molar-refractivity contribution >= 4 is 21.6 Å². The van der Waals surface area contributed by atoms with Gasteiger partial charge in [0.15, 0.2) is 0 Å². The van der Waals surface area contributed by atoms with Crippen LogP contribution in [0.15, 0.2) is 29.2 Å². The van der Waals surface area contributed by atoms with E-state index in [1.165, 1.54) is 0 Å². The maximum atomic E-state index is 13.0. The van der Waals surface area contributed by atoms with Gasteiger partial charge in [0, 0.05) is 36.9 Å². The van der Waals surface area contributed by atoms with Gasteiger partial charge in [-0.2, -0.15) is 9.57 Å². The number of hydrazine groups is 1. The van der Waals surface area contributed by atoms with Gasteiger partial charge >= 0.3 is 0 Å². The van der Waals surface area contributed by atoms with Crippen molar-refractivity contribution in [3.05, 3.63) is 24.3 Å². The molecule has 4 fully saturated rings. The Balaban J connectivity index is 1.34. The fourth-order valence-corrected chi connectivity index (χ4v) is 7.37. The molecule has 4 unspecified atom stereocenters. The lowest BCUT2D eigenvalue weighted by molar-refractivity contribution is -0.128. The summed E-state index contributed by atoms with van der Waals surface area (Å²) >= 11 is 0. The molecule has 5 atom stereocenters. The molecule has 3 heterocycles. The van der Waals surface area contributed by atoms with E-state index in [9.17, 15) is 18.5 Å². The van der Waals surface area contributed by atoms with Crippen molar-refractivity contribution in [3.63, 3.8) is 0 Å². The zero-order valence-corrected chi connectivity index (χ0v) is 19.7. The number of amides is 1. The van der Waals surface area contributed by atoms with E-state index in [-0.39, 0.29) is 36.1 Å². The number of hydrogen-bond donors (Lipinski definition) is 3. The summed E-state index contributed by atoms with van der Waals surface area (Å²) in [5.41, 5.74) is 4.25. The summed E-state index contributed by atoms with van der Waals surface area (Å²) in [5.74, 6) is 0.221. The van der Waals surface area contributed by atoms with E-state index in [1.54, 1.807) is 28.6 Å². The van der Waals surface area contributed by atoms with Crippen molar-refractivity contribution in [2.45, 2.75) is 74.6 Å². The fourth-order valence-electron chi connectivity index (χ4n) is 5.67. The Labute approximate surface area is 195 Å². The highest BCUT2D eigenvalue weighted by Gasteiger charge is 2.51. The van der Waals surface area contributed by atoms with E-state index in [0.717, 1.165) is 37.8 Å². The number of nitrogens with zero attached hydrogens (tertiary/aromatic N) is 3. The van der Waals surface area contributed by atoms with Crippen LogP contribution in [0.4, 0.5) is 5.69 Å². The molecule has 1 aromatic carbocycles. The van der Waals surface area contributed by atoms with E-state index in [4.69, 9.17) is 0 Å². The lowest BCUT2D eigenvalue weighted by Gasteiger charge is -2.34. The average Bonchev–Trinajstić information content (AvgIpc) is 3.44. The first-order chi connectivity index (χ1) is 15.9. The summed E-state index contributed by atoms with van der Waals surface area (Å²) in [6, 6.07) is 9.29. The third-order valence-electron chi connectivity index (χ3n) is 7.56. The van der Waals surface area contributed by atoms with Crippen molar-refractivity contribution in [3.8, 4) is 6.07 Å². The Kier molecular flexibility index (Phi) is 6.07. The van der Waals surface area contributed by atoms with Crippen molar-refractivity contribution in [1.29, 1.82) is 5.26 Å². The van der Waals surface area contributed by atoms with Crippen LogP contribution in [0.5, 0.6) is 0 Å². The SMILES string of the molecule is CC1CCCN1S(=O)(=O)c1ccc(NC2NN([C@@H](CC#N)C3CC3)C3CCNC(=O)C23)cc1. The smallest absolute Gasteiger partial charge is 0.243 e.